The highest BCUT2D eigenvalue weighted by Crippen LogP contribution is 2.48. The minimum atomic E-state index is 0.834. The molecule has 4 aromatic heterocycles. The Morgan fingerprint density at radius 2 is 0.761 bits per heavy atom. The summed E-state index contributed by atoms with van der Waals surface area (Å²) < 4.78 is 22.4. The smallest absolute Gasteiger partial charge is 0.145 e. The maximum atomic E-state index is 7.01. The first-order valence-electron chi connectivity index (χ1n) is 24.1. The molecule has 0 aliphatic carbocycles. The second-order valence-electron chi connectivity index (χ2n) is 18.3. The minimum absolute atomic E-state index is 0.834. The van der Waals surface area contributed by atoms with E-state index < -0.39 is 0 Å². The van der Waals surface area contributed by atoms with Crippen molar-refractivity contribution in [1.82, 2.24) is 4.57 Å². The number of hydrogen-bond donors (Lipinski definition) is 0. The average Bonchev–Trinajstić information content (AvgIpc) is 4.21. The van der Waals surface area contributed by atoms with Crippen LogP contribution in [0.5, 0.6) is 0 Å². The number of benzene rings is 11. The Balaban J connectivity index is 0.917. The van der Waals surface area contributed by atoms with Gasteiger partial charge in [0.25, 0.3) is 0 Å². The third kappa shape index (κ3) is 6.06. The molecule has 5 heteroatoms. The van der Waals surface area contributed by atoms with E-state index in [4.69, 9.17) is 13.3 Å². The Kier molecular flexibility index (Phi) is 8.59. The quantitative estimate of drug-likeness (QED) is 0.160. The number of hydrogen-bond acceptors (Lipinski definition) is 4. The normalized spacial score (nSPS) is 11.9. The fourth-order valence-corrected chi connectivity index (χ4v) is 11.2. The lowest BCUT2D eigenvalue weighted by molar-refractivity contribution is 0.669. The first-order valence-corrected chi connectivity index (χ1v) is 24.1. The topological polar surface area (TPSA) is 47.6 Å². The van der Waals surface area contributed by atoms with Crippen molar-refractivity contribution in [3.05, 3.63) is 243 Å². The molecule has 0 radical (unpaired) electrons. The standard InChI is InChI=1S/C66H40N2O3/c1-2-14-44(15-3-1)68-57-24-8-4-16-50(57)56-40-43(32-38-58(56)68)49-37-39-59(63-55-19-7-11-27-62(55)71-66(49)63)67(45-33-28-41(29-34-45)47-20-12-22-53-51-17-5-9-25-60(51)69-64(47)53)46-35-30-42(31-36-46)48-21-13-23-54-52-18-6-10-26-61(52)70-65(48)54/h1-40H. The molecule has 0 aliphatic heterocycles. The zero-order valence-corrected chi connectivity index (χ0v) is 38.2. The first-order chi connectivity index (χ1) is 35.2. The zero-order valence-electron chi connectivity index (χ0n) is 38.2. The molecule has 0 fully saturated rings. The van der Waals surface area contributed by atoms with Crippen LogP contribution in [0.1, 0.15) is 0 Å². The predicted molar refractivity (Wildman–Crippen MR) is 294 cm³/mol. The maximum Gasteiger partial charge on any atom is 0.145 e. The van der Waals surface area contributed by atoms with Gasteiger partial charge in [-0.15, -0.1) is 0 Å². The summed E-state index contributed by atoms with van der Waals surface area (Å²) in [5, 5.41) is 8.93. The van der Waals surface area contributed by atoms with Gasteiger partial charge in [-0.2, -0.15) is 0 Å². The number of fused-ring (bicyclic) bond motifs is 12. The lowest BCUT2D eigenvalue weighted by Gasteiger charge is -2.27. The summed E-state index contributed by atoms with van der Waals surface area (Å²) in [6.45, 7) is 0. The molecule has 0 aliphatic rings. The molecule has 0 bridgehead atoms. The number of aromatic nitrogens is 1. The zero-order chi connectivity index (χ0) is 46.6. The van der Waals surface area contributed by atoms with E-state index in [1.165, 1.54) is 16.3 Å². The monoisotopic (exact) mass is 908 g/mol. The molecule has 0 N–H and O–H groups in total. The van der Waals surface area contributed by atoms with Crippen LogP contribution in [0, 0.1) is 0 Å². The van der Waals surface area contributed by atoms with Crippen LogP contribution in [0.2, 0.25) is 0 Å². The lowest BCUT2D eigenvalue weighted by Crippen LogP contribution is -2.10. The van der Waals surface area contributed by atoms with Crippen molar-refractivity contribution >= 4 is 105 Å². The van der Waals surface area contributed by atoms with Gasteiger partial charge in [0.2, 0.25) is 0 Å². The van der Waals surface area contributed by atoms with Crippen molar-refractivity contribution in [3.8, 4) is 39.1 Å². The van der Waals surface area contributed by atoms with Gasteiger partial charge < -0.3 is 22.7 Å². The predicted octanol–water partition coefficient (Wildman–Crippen LogP) is 19.0. The Labute approximate surface area is 407 Å². The third-order valence-corrected chi connectivity index (χ3v) is 14.4. The van der Waals surface area contributed by atoms with E-state index >= 15 is 0 Å². The molecule has 15 rings (SSSR count). The van der Waals surface area contributed by atoms with Crippen LogP contribution in [0.4, 0.5) is 17.1 Å². The molecular weight excluding hydrogens is 869 g/mol. The van der Waals surface area contributed by atoms with Crippen LogP contribution < -0.4 is 4.90 Å². The van der Waals surface area contributed by atoms with Crippen LogP contribution in [0.25, 0.3) is 127 Å². The minimum Gasteiger partial charge on any atom is -0.455 e. The molecular formula is C66H40N2O3. The summed E-state index contributed by atoms with van der Waals surface area (Å²) in [4.78, 5) is 2.36. The fraction of sp³-hybridized carbons (Fsp3) is 0. The second-order valence-corrected chi connectivity index (χ2v) is 18.3. The van der Waals surface area contributed by atoms with Crippen molar-refractivity contribution in [1.29, 1.82) is 0 Å². The SMILES string of the molecule is c1ccc(-n2c3ccccc3c3cc(-c4ccc(N(c5ccc(-c6cccc7c6oc6ccccc67)cc5)c5ccc(-c6cccc7c6oc6ccccc67)cc5)c5c4oc4ccccc45)ccc32)cc1. The van der Waals surface area contributed by atoms with Gasteiger partial charge in [-0.3, -0.25) is 0 Å². The highest BCUT2D eigenvalue weighted by molar-refractivity contribution is 6.19. The number of furan rings is 3. The largest absolute Gasteiger partial charge is 0.455 e. The number of anilines is 3. The summed E-state index contributed by atoms with van der Waals surface area (Å²) in [6.07, 6.45) is 0. The van der Waals surface area contributed by atoms with Crippen LogP contribution >= 0.6 is 0 Å². The van der Waals surface area contributed by atoms with Crippen LogP contribution in [-0.2, 0) is 0 Å². The summed E-state index contributed by atoms with van der Waals surface area (Å²) in [5.41, 5.74) is 18.1. The van der Waals surface area contributed by atoms with Gasteiger partial charge >= 0.3 is 0 Å². The molecule has 4 heterocycles. The molecule has 5 nitrogen and oxygen atoms in total. The number of nitrogens with zero attached hydrogens (tertiary/aromatic N) is 2. The fourth-order valence-electron chi connectivity index (χ4n) is 11.2. The molecule has 71 heavy (non-hydrogen) atoms. The van der Waals surface area contributed by atoms with Crippen LogP contribution in [0.3, 0.4) is 0 Å². The molecule has 0 saturated carbocycles. The Hall–Kier alpha value is -9.58. The third-order valence-electron chi connectivity index (χ3n) is 14.4. The summed E-state index contributed by atoms with van der Waals surface area (Å²) in [7, 11) is 0. The summed E-state index contributed by atoms with van der Waals surface area (Å²) in [5.74, 6) is 0. The highest BCUT2D eigenvalue weighted by atomic mass is 16.3. The van der Waals surface area contributed by atoms with Crippen molar-refractivity contribution in [3.63, 3.8) is 0 Å². The van der Waals surface area contributed by atoms with Gasteiger partial charge in [-0.1, -0.05) is 158 Å². The molecule has 15 aromatic rings. The van der Waals surface area contributed by atoms with Crippen LogP contribution in [0.15, 0.2) is 256 Å². The lowest BCUT2D eigenvalue weighted by atomic mass is 9.97. The van der Waals surface area contributed by atoms with Gasteiger partial charge in [0.05, 0.1) is 22.1 Å². The van der Waals surface area contributed by atoms with Gasteiger partial charge in [0.15, 0.2) is 0 Å². The Morgan fingerprint density at radius 1 is 0.296 bits per heavy atom. The average molecular weight is 909 g/mol. The van der Waals surface area contributed by atoms with Crippen molar-refractivity contribution < 1.29 is 13.3 Å². The van der Waals surface area contributed by atoms with Gasteiger partial charge in [0, 0.05) is 71.5 Å². The Morgan fingerprint density at radius 3 is 1.38 bits per heavy atom. The van der Waals surface area contributed by atoms with E-state index in [2.05, 4.69) is 228 Å². The molecule has 0 amide bonds. The number of para-hydroxylation sites is 7. The van der Waals surface area contributed by atoms with Crippen molar-refractivity contribution in [2.24, 2.45) is 0 Å². The molecule has 0 unspecified atom stereocenters. The van der Waals surface area contributed by atoms with E-state index in [0.29, 0.717) is 0 Å². The van der Waals surface area contributed by atoms with E-state index in [0.717, 1.165) is 127 Å². The van der Waals surface area contributed by atoms with E-state index in [1.54, 1.807) is 0 Å². The van der Waals surface area contributed by atoms with E-state index in [1.807, 2.05) is 24.3 Å². The van der Waals surface area contributed by atoms with E-state index in [9.17, 15) is 0 Å². The molecule has 332 valence electrons. The first kappa shape index (κ1) is 39.4. The van der Waals surface area contributed by atoms with Gasteiger partial charge in [0.1, 0.15) is 33.5 Å². The maximum absolute atomic E-state index is 7.01. The molecule has 11 aromatic carbocycles. The van der Waals surface area contributed by atoms with E-state index in [-0.39, 0.29) is 0 Å². The van der Waals surface area contributed by atoms with Crippen molar-refractivity contribution in [2.45, 2.75) is 0 Å². The summed E-state index contributed by atoms with van der Waals surface area (Å²) >= 11 is 0. The Bertz CT molecular complexity index is 4410. The van der Waals surface area contributed by atoms with Crippen molar-refractivity contribution in [2.75, 3.05) is 4.90 Å². The summed E-state index contributed by atoms with van der Waals surface area (Å²) in [6, 6.07) is 86.1. The highest BCUT2D eigenvalue weighted by Gasteiger charge is 2.24. The molecule has 0 spiro atoms. The van der Waals surface area contributed by atoms with Crippen LogP contribution in [-0.4, -0.2) is 4.57 Å². The number of rotatable bonds is 7. The molecule has 0 atom stereocenters. The second kappa shape index (κ2) is 15.5. The van der Waals surface area contributed by atoms with Gasteiger partial charge in [-0.25, -0.2) is 0 Å². The van der Waals surface area contributed by atoms with Gasteiger partial charge in [-0.05, 0) is 102 Å². The molecule has 0 saturated heterocycles.